The Kier molecular flexibility index (Phi) is 2.85. The van der Waals surface area contributed by atoms with Gasteiger partial charge in [-0.15, -0.1) is 0 Å². The second kappa shape index (κ2) is 4.87. The molecular formula is C15H14N4O3. The summed E-state index contributed by atoms with van der Waals surface area (Å²) in [5, 5.41) is 2.87. The maximum absolute atomic E-state index is 12.5. The van der Waals surface area contributed by atoms with Gasteiger partial charge in [0.1, 0.15) is 0 Å². The van der Waals surface area contributed by atoms with Crippen LogP contribution in [0.1, 0.15) is 12.1 Å². The number of aromatic amines is 1. The molecule has 1 amide bonds. The van der Waals surface area contributed by atoms with E-state index in [9.17, 15) is 9.59 Å². The molecule has 1 aliphatic rings. The quantitative estimate of drug-likeness (QED) is 0.750. The van der Waals surface area contributed by atoms with E-state index in [2.05, 4.69) is 19.9 Å². The molecule has 1 unspecified atom stereocenters. The molecule has 0 saturated carbocycles. The third-order valence-corrected chi connectivity index (χ3v) is 4.05. The van der Waals surface area contributed by atoms with Crippen LogP contribution < -0.4 is 11.1 Å². The molecule has 4 rings (SSSR count). The molecule has 0 saturated heterocycles. The second-order valence-corrected chi connectivity index (χ2v) is 5.45. The van der Waals surface area contributed by atoms with Gasteiger partial charge in [0, 0.05) is 30.8 Å². The van der Waals surface area contributed by atoms with Crippen LogP contribution in [0.25, 0.3) is 11.1 Å². The number of carbonyl (C=O) groups is 1. The number of H-pyrrole nitrogens is 1. The normalized spacial score (nSPS) is 17.4. The summed E-state index contributed by atoms with van der Waals surface area (Å²) in [5.41, 5.74) is 2.53. The molecule has 1 aromatic carbocycles. The largest absolute Gasteiger partial charge is 0.417 e. The summed E-state index contributed by atoms with van der Waals surface area (Å²) < 4.78 is 7.16. The van der Waals surface area contributed by atoms with Crippen LogP contribution in [0.15, 0.2) is 39.9 Å². The monoisotopic (exact) mass is 298 g/mol. The number of hydrogen-bond acceptors (Lipinski definition) is 4. The van der Waals surface area contributed by atoms with Crippen LogP contribution in [-0.2, 0) is 17.8 Å². The Bertz CT molecular complexity index is 905. The number of hydrogen-bond donors (Lipinski definition) is 2. The average Bonchev–Trinajstić information content (AvgIpc) is 3.12. The third kappa shape index (κ3) is 2.11. The number of anilines is 1. The highest BCUT2D eigenvalue weighted by Crippen LogP contribution is 2.24. The van der Waals surface area contributed by atoms with E-state index in [0.717, 1.165) is 18.7 Å². The number of amides is 1. The lowest BCUT2D eigenvalue weighted by molar-refractivity contribution is -0.120. The molecule has 0 fully saturated rings. The van der Waals surface area contributed by atoms with Gasteiger partial charge in [-0.2, -0.15) is 0 Å². The first-order valence-corrected chi connectivity index (χ1v) is 7.12. The van der Waals surface area contributed by atoms with E-state index in [-0.39, 0.29) is 11.8 Å². The standard InChI is InChI=1S/C15H14N4O3/c20-14(9-4-5-19-8-16-7-10(19)6-9)17-11-2-1-3-12-13(11)22-15(21)18-12/h1-3,7-9H,4-6H2,(H,17,20)(H,18,21). The highest BCUT2D eigenvalue weighted by Gasteiger charge is 2.25. The van der Waals surface area contributed by atoms with Crippen molar-refractivity contribution >= 4 is 22.7 Å². The van der Waals surface area contributed by atoms with Crippen molar-refractivity contribution in [3.8, 4) is 0 Å². The van der Waals surface area contributed by atoms with Crippen molar-refractivity contribution in [3.05, 3.63) is 47.0 Å². The topological polar surface area (TPSA) is 92.9 Å². The lowest BCUT2D eigenvalue weighted by Gasteiger charge is -2.22. The van der Waals surface area contributed by atoms with Gasteiger partial charge in [0.05, 0.1) is 17.5 Å². The predicted octanol–water partition coefficient (Wildman–Crippen LogP) is 1.52. The van der Waals surface area contributed by atoms with Crippen molar-refractivity contribution < 1.29 is 9.21 Å². The van der Waals surface area contributed by atoms with E-state index in [1.54, 1.807) is 30.7 Å². The van der Waals surface area contributed by atoms with E-state index < -0.39 is 5.76 Å². The van der Waals surface area contributed by atoms with Gasteiger partial charge in [0.15, 0.2) is 5.58 Å². The summed E-state index contributed by atoms with van der Waals surface area (Å²) >= 11 is 0. The summed E-state index contributed by atoms with van der Waals surface area (Å²) in [6.45, 7) is 0.789. The predicted molar refractivity (Wildman–Crippen MR) is 79.5 cm³/mol. The molecule has 7 heteroatoms. The van der Waals surface area contributed by atoms with Crippen molar-refractivity contribution in [3.63, 3.8) is 0 Å². The number of nitrogens with one attached hydrogen (secondary N) is 2. The van der Waals surface area contributed by atoms with Crippen LogP contribution in [0.3, 0.4) is 0 Å². The van der Waals surface area contributed by atoms with E-state index in [1.165, 1.54) is 0 Å². The van der Waals surface area contributed by atoms with Gasteiger partial charge in [-0.1, -0.05) is 6.07 Å². The van der Waals surface area contributed by atoms with Crippen LogP contribution in [0.2, 0.25) is 0 Å². The lowest BCUT2D eigenvalue weighted by Crippen LogP contribution is -2.29. The summed E-state index contributed by atoms with van der Waals surface area (Å²) in [6, 6.07) is 5.22. The minimum Gasteiger partial charge on any atom is -0.406 e. The van der Waals surface area contributed by atoms with Crippen LogP contribution in [0, 0.1) is 5.92 Å². The smallest absolute Gasteiger partial charge is 0.406 e. The number of rotatable bonds is 2. The fourth-order valence-corrected chi connectivity index (χ4v) is 2.90. The van der Waals surface area contributed by atoms with Crippen molar-refractivity contribution in [2.75, 3.05) is 5.32 Å². The Balaban J connectivity index is 1.58. The highest BCUT2D eigenvalue weighted by atomic mass is 16.4. The van der Waals surface area contributed by atoms with Crippen molar-refractivity contribution in [2.24, 2.45) is 5.92 Å². The molecule has 7 nitrogen and oxygen atoms in total. The fourth-order valence-electron chi connectivity index (χ4n) is 2.90. The number of imidazole rings is 1. The number of fused-ring (bicyclic) bond motifs is 2. The molecular weight excluding hydrogens is 284 g/mol. The SMILES string of the molecule is O=C(Nc1cccc2[nH]c(=O)oc12)C1CCn2cncc2C1. The lowest BCUT2D eigenvalue weighted by atomic mass is 9.95. The highest BCUT2D eigenvalue weighted by molar-refractivity contribution is 5.99. The number of benzene rings is 1. The first-order valence-electron chi connectivity index (χ1n) is 7.12. The Hall–Kier alpha value is -2.83. The molecule has 3 heterocycles. The number of carbonyl (C=O) groups excluding carboxylic acids is 1. The van der Waals surface area contributed by atoms with E-state index >= 15 is 0 Å². The van der Waals surface area contributed by atoms with Gasteiger partial charge in [0.2, 0.25) is 5.91 Å². The van der Waals surface area contributed by atoms with Crippen molar-refractivity contribution in [1.82, 2.24) is 14.5 Å². The minimum absolute atomic E-state index is 0.0659. The average molecular weight is 298 g/mol. The number of para-hydroxylation sites is 1. The molecule has 2 N–H and O–H groups in total. The van der Waals surface area contributed by atoms with Crippen molar-refractivity contribution in [2.45, 2.75) is 19.4 Å². The summed E-state index contributed by atoms with van der Waals surface area (Å²) in [6.07, 6.45) is 5.02. The molecule has 0 radical (unpaired) electrons. The van der Waals surface area contributed by atoms with Crippen LogP contribution in [0.5, 0.6) is 0 Å². The Labute approximate surface area is 125 Å². The Morgan fingerprint density at radius 2 is 2.36 bits per heavy atom. The fraction of sp³-hybridized carbons (Fsp3) is 0.267. The zero-order valence-electron chi connectivity index (χ0n) is 11.7. The second-order valence-electron chi connectivity index (χ2n) is 5.45. The number of aromatic nitrogens is 3. The zero-order chi connectivity index (χ0) is 15.1. The first-order chi connectivity index (χ1) is 10.7. The Morgan fingerprint density at radius 3 is 3.27 bits per heavy atom. The van der Waals surface area contributed by atoms with Gasteiger partial charge in [-0.25, -0.2) is 9.78 Å². The van der Waals surface area contributed by atoms with E-state index in [4.69, 9.17) is 4.42 Å². The van der Waals surface area contributed by atoms with Crippen LogP contribution in [0.4, 0.5) is 5.69 Å². The first kappa shape index (κ1) is 12.9. The molecule has 1 atom stereocenters. The zero-order valence-corrected chi connectivity index (χ0v) is 11.7. The van der Waals surface area contributed by atoms with E-state index in [0.29, 0.717) is 23.2 Å². The van der Waals surface area contributed by atoms with Gasteiger partial charge >= 0.3 is 5.76 Å². The maximum Gasteiger partial charge on any atom is 0.417 e. The molecule has 0 spiro atoms. The van der Waals surface area contributed by atoms with Gasteiger partial charge in [-0.3, -0.25) is 9.78 Å². The van der Waals surface area contributed by atoms with Crippen LogP contribution >= 0.6 is 0 Å². The number of aryl methyl sites for hydroxylation is 1. The van der Waals surface area contributed by atoms with Gasteiger partial charge in [-0.05, 0) is 18.6 Å². The molecule has 1 aliphatic heterocycles. The summed E-state index contributed by atoms with van der Waals surface area (Å²) in [4.78, 5) is 30.4. The van der Waals surface area contributed by atoms with Gasteiger partial charge in [0.25, 0.3) is 0 Å². The van der Waals surface area contributed by atoms with Crippen LogP contribution in [-0.4, -0.2) is 20.4 Å². The number of oxazole rings is 1. The molecule has 0 aliphatic carbocycles. The minimum atomic E-state index is -0.529. The molecule has 3 aromatic rings. The molecule has 112 valence electrons. The van der Waals surface area contributed by atoms with Crippen molar-refractivity contribution in [1.29, 1.82) is 0 Å². The van der Waals surface area contributed by atoms with E-state index in [1.807, 2.05) is 0 Å². The van der Waals surface area contributed by atoms with Gasteiger partial charge < -0.3 is 14.3 Å². The summed E-state index contributed by atoms with van der Waals surface area (Å²) in [7, 11) is 0. The summed E-state index contributed by atoms with van der Waals surface area (Å²) in [5.74, 6) is -0.702. The maximum atomic E-state index is 12.5. The number of nitrogens with zero attached hydrogens (tertiary/aromatic N) is 2. The molecule has 2 aromatic heterocycles. The molecule has 22 heavy (non-hydrogen) atoms. The third-order valence-electron chi connectivity index (χ3n) is 4.05. The Morgan fingerprint density at radius 1 is 1.45 bits per heavy atom. The molecule has 0 bridgehead atoms.